The first-order valence-corrected chi connectivity index (χ1v) is 8.31. The molecule has 0 aromatic heterocycles. The minimum absolute atomic E-state index is 0.0118. The van der Waals surface area contributed by atoms with Crippen LogP contribution in [0, 0.1) is 0 Å². The van der Waals surface area contributed by atoms with Crippen LogP contribution in [0.2, 0.25) is 5.02 Å². The van der Waals surface area contributed by atoms with Gasteiger partial charge in [-0.1, -0.05) is 30.7 Å². The molecule has 18 heavy (non-hydrogen) atoms. The Kier molecular flexibility index (Phi) is 6.12. The average molecular weight is 290 g/mol. The zero-order chi connectivity index (χ0) is 13.6. The second kappa shape index (κ2) is 7.12. The standard InChI is InChI=1S/C13H20ClNO2S/c1-3-18(16,17)10-11(2)15-9-8-12-4-6-13(14)7-5-12/h4-7,11,15H,3,8-10H2,1-2H3. The minimum atomic E-state index is -2.90. The molecule has 0 fully saturated rings. The van der Waals surface area contributed by atoms with Gasteiger partial charge >= 0.3 is 0 Å². The highest BCUT2D eigenvalue weighted by molar-refractivity contribution is 7.91. The summed E-state index contributed by atoms with van der Waals surface area (Å²) in [4.78, 5) is 0. The van der Waals surface area contributed by atoms with Gasteiger partial charge in [0.25, 0.3) is 0 Å². The predicted molar refractivity (Wildman–Crippen MR) is 76.9 cm³/mol. The van der Waals surface area contributed by atoms with Crippen molar-refractivity contribution in [1.29, 1.82) is 0 Å². The predicted octanol–water partition coefficient (Wildman–Crippen LogP) is 2.30. The van der Waals surface area contributed by atoms with E-state index in [0.717, 1.165) is 18.0 Å². The summed E-state index contributed by atoms with van der Waals surface area (Å²) in [5.41, 5.74) is 1.19. The van der Waals surface area contributed by atoms with Crippen molar-refractivity contribution in [3.63, 3.8) is 0 Å². The van der Waals surface area contributed by atoms with Crippen molar-refractivity contribution in [2.75, 3.05) is 18.1 Å². The maximum atomic E-state index is 11.4. The third-order valence-electron chi connectivity index (χ3n) is 2.76. The molecule has 0 aliphatic heterocycles. The lowest BCUT2D eigenvalue weighted by molar-refractivity contribution is 0.559. The topological polar surface area (TPSA) is 46.2 Å². The van der Waals surface area contributed by atoms with Crippen LogP contribution in [0.25, 0.3) is 0 Å². The van der Waals surface area contributed by atoms with E-state index in [1.807, 2.05) is 31.2 Å². The van der Waals surface area contributed by atoms with Gasteiger partial charge in [-0.05, 0) is 37.6 Å². The largest absolute Gasteiger partial charge is 0.313 e. The minimum Gasteiger partial charge on any atom is -0.313 e. The van der Waals surface area contributed by atoms with E-state index in [0.29, 0.717) is 0 Å². The Bertz CT molecular complexity index is 456. The lowest BCUT2D eigenvalue weighted by Gasteiger charge is -2.13. The molecule has 0 bridgehead atoms. The van der Waals surface area contributed by atoms with Crippen molar-refractivity contribution in [2.45, 2.75) is 26.3 Å². The Hall–Kier alpha value is -0.580. The van der Waals surface area contributed by atoms with Gasteiger partial charge in [0.2, 0.25) is 0 Å². The molecule has 5 heteroatoms. The van der Waals surface area contributed by atoms with Crippen molar-refractivity contribution in [3.8, 4) is 0 Å². The molecule has 0 radical (unpaired) electrons. The van der Waals surface area contributed by atoms with Crippen LogP contribution < -0.4 is 5.32 Å². The molecular weight excluding hydrogens is 270 g/mol. The Morgan fingerprint density at radius 1 is 1.28 bits per heavy atom. The highest BCUT2D eigenvalue weighted by Crippen LogP contribution is 2.09. The number of benzene rings is 1. The Morgan fingerprint density at radius 3 is 2.44 bits per heavy atom. The summed E-state index contributed by atoms with van der Waals surface area (Å²) in [5, 5.41) is 3.95. The van der Waals surface area contributed by atoms with Crippen LogP contribution in [0.4, 0.5) is 0 Å². The van der Waals surface area contributed by atoms with E-state index in [1.54, 1.807) is 6.92 Å². The third-order valence-corrected chi connectivity index (χ3v) is 4.90. The summed E-state index contributed by atoms with van der Waals surface area (Å²) < 4.78 is 22.9. The van der Waals surface area contributed by atoms with Crippen molar-refractivity contribution < 1.29 is 8.42 Å². The molecule has 0 aliphatic rings. The number of hydrogen-bond donors (Lipinski definition) is 1. The second-order valence-corrected chi connectivity index (χ2v) is 7.26. The number of hydrogen-bond acceptors (Lipinski definition) is 3. The molecule has 0 saturated carbocycles. The first-order chi connectivity index (χ1) is 8.43. The lowest BCUT2D eigenvalue weighted by atomic mass is 10.1. The van der Waals surface area contributed by atoms with Crippen LogP contribution in [0.3, 0.4) is 0 Å². The van der Waals surface area contributed by atoms with Gasteiger partial charge in [-0.2, -0.15) is 0 Å². The summed E-state index contributed by atoms with van der Waals surface area (Å²) in [5.74, 6) is 0.403. The highest BCUT2D eigenvalue weighted by Gasteiger charge is 2.12. The van der Waals surface area contributed by atoms with Crippen LogP contribution in [-0.2, 0) is 16.3 Å². The van der Waals surface area contributed by atoms with Crippen LogP contribution in [0.5, 0.6) is 0 Å². The third kappa shape index (κ3) is 5.85. The number of halogens is 1. The van der Waals surface area contributed by atoms with Gasteiger partial charge in [-0.3, -0.25) is 0 Å². The summed E-state index contributed by atoms with van der Waals surface area (Å²) in [6, 6.07) is 7.68. The molecule has 1 unspecified atom stereocenters. The zero-order valence-electron chi connectivity index (χ0n) is 10.8. The molecule has 0 amide bonds. The van der Waals surface area contributed by atoms with Gasteiger partial charge in [0.15, 0.2) is 9.84 Å². The SMILES string of the molecule is CCS(=O)(=O)CC(C)NCCc1ccc(Cl)cc1. The molecule has 1 aromatic rings. The molecule has 102 valence electrons. The molecular formula is C13H20ClNO2S. The van der Waals surface area contributed by atoms with Crippen molar-refractivity contribution in [1.82, 2.24) is 5.32 Å². The fourth-order valence-electron chi connectivity index (χ4n) is 1.67. The summed E-state index contributed by atoms with van der Waals surface area (Å²) >= 11 is 5.80. The molecule has 0 aliphatic carbocycles. The van der Waals surface area contributed by atoms with Crippen LogP contribution in [0.15, 0.2) is 24.3 Å². The summed E-state index contributed by atoms with van der Waals surface area (Å²) in [6.45, 7) is 4.34. The summed E-state index contributed by atoms with van der Waals surface area (Å²) in [6.07, 6.45) is 0.869. The van der Waals surface area contributed by atoms with E-state index in [9.17, 15) is 8.42 Å². The monoisotopic (exact) mass is 289 g/mol. The fourth-order valence-corrected chi connectivity index (χ4v) is 2.91. The number of sulfone groups is 1. The molecule has 1 rings (SSSR count). The lowest BCUT2D eigenvalue weighted by Crippen LogP contribution is -2.34. The Balaban J connectivity index is 2.31. The van der Waals surface area contributed by atoms with Gasteiger partial charge in [-0.15, -0.1) is 0 Å². The normalized spacial score (nSPS) is 13.5. The first kappa shape index (κ1) is 15.5. The molecule has 0 heterocycles. The first-order valence-electron chi connectivity index (χ1n) is 6.11. The van der Waals surface area contributed by atoms with Gasteiger partial charge in [0, 0.05) is 16.8 Å². The van der Waals surface area contributed by atoms with Crippen LogP contribution in [-0.4, -0.2) is 32.5 Å². The Labute approximate surface area is 114 Å². The highest BCUT2D eigenvalue weighted by atomic mass is 35.5. The van der Waals surface area contributed by atoms with Crippen LogP contribution in [0.1, 0.15) is 19.4 Å². The molecule has 3 nitrogen and oxygen atoms in total. The maximum Gasteiger partial charge on any atom is 0.151 e. The maximum absolute atomic E-state index is 11.4. The van der Waals surface area contributed by atoms with Gasteiger partial charge in [0.1, 0.15) is 0 Å². The zero-order valence-corrected chi connectivity index (χ0v) is 12.4. The Morgan fingerprint density at radius 2 is 1.89 bits per heavy atom. The van der Waals surface area contributed by atoms with E-state index in [4.69, 9.17) is 11.6 Å². The average Bonchev–Trinajstić information content (AvgIpc) is 2.31. The quantitative estimate of drug-likeness (QED) is 0.838. The van der Waals surface area contributed by atoms with E-state index < -0.39 is 9.84 Å². The van der Waals surface area contributed by atoms with E-state index in [2.05, 4.69) is 5.32 Å². The number of nitrogens with one attached hydrogen (secondary N) is 1. The molecule has 0 spiro atoms. The molecule has 1 atom stereocenters. The van der Waals surface area contributed by atoms with Gasteiger partial charge < -0.3 is 5.32 Å². The van der Waals surface area contributed by atoms with E-state index in [-0.39, 0.29) is 17.5 Å². The molecule has 1 N–H and O–H groups in total. The smallest absolute Gasteiger partial charge is 0.151 e. The van der Waals surface area contributed by atoms with Gasteiger partial charge in [0.05, 0.1) is 5.75 Å². The number of rotatable bonds is 7. The fraction of sp³-hybridized carbons (Fsp3) is 0.538. The molecule has 1 aromatic carbocycles. The van der Waals surface area contributed by atoms with Crippen LogP contribution >= 0.6 is 11.6 Å². The van der Waals surface area contributed by atoms with Gasteiger partial charge in [-0.25, -0.2) is 8.42 Å². The molecule has 0 saturated heterocycles. The van der Waals surface area contributed by atoms with Crippen molar-refractivity contribution >= 4 is 21.4 Å². The van der Waals surface area contributed by atoms with Crippen molar-refractivity contribution in [2.24, 2.45) is 0 Å². The second-order valence-electron chi connectivity index (χ2n) is 4.43. The van der Waals surface area contributed by atoms with E-state index >= 15 is 0 Å². The van der Waals surface area contributed by atoms with E-state index in [1.165, 1.54) is 5.56 Å². The summed E-state index contributed by atoms with van der Waals surface area (Å²) in [7, 11) is -2.90. The van der Waals surface area contributed by atoms with Crippen molar-refractivity contribution in [3.05, 3.63) is 34.9 Å².